The zero-order valence-electron chi connectivity index (χ0n) is 17.6. The van der Waals surface area contributed by atoms with Gasteiger partial charge in [-0.05, 0) is 74.4 Å². The van der Waals surface area contributed by atoms with Gasteiger partial charge in [0, 0.05) is 24.0 Å². The Bertz CT molecular complexity index is 922. The summed E-state index contributed by atoms with van der Waals surface area (Å²) in [6, 6.07) is 11.7. The van der Waals surface area contributed by atoms with Gasteiger partial charge >= 0.3 is 6.18 Å². The molecule has 5 rings (SSSR count). The molecule has 0 radical (unpaired) electrons. The van der Waals surface area contributed by atoms with Gasteiger partial charge in [0.1, 0.15) is 5.75 Å². The lowest BCUT2D eigenvalue weighted by Crippen LogP contribution is -2.38. The highest BCUT2D eigenvalue weighted by molar-refractivity contribution is 6.37. The topological polar surface area (TPSA) is 12.5 Å². The Morgan fingerprint density at radius 1 is 0.903 bits per heavy atom. The normalized spacial score (nSPS) is 29.4. The molecular formula is C25H29ClF3NO. The molecule has 6 heteroatoms. The van der Waals surface area contributed by atoms with Crippen LogP contribution in [-0.4, -0.2) is 29.3 Å². The van der Waals surface area contributed by atoms with E-state index in [2.05, 4.69) is 23.1 Å². The van der Waals surface area contributed by atoms with Crippen LogP contribution in [0, 0.1) is 5.92 Å². The van der Waals surface area contributed by atoms with Gasteiger partial charge in [0.25, 0.3) is 0 Å². The van der Waals surface area contributed by atoms with Crippen molar-refractivity contribution in [1.82, 2.24) is 4.90 Å². The van der Waals surface area contributed by atoms with Crippen LogP contribution in [0.15, 0.2) is 30.3 Å². The number of hydrogen-bond donors (Lipinski definition) is 0. The summed E-state index contributed by atoms with van der Waals surface area (Å²) in [5.74, 6) is -0.619. The summed E-state index contributed by atoms with van der Waals surface area (Å²) in [6.07, 6.45) is 3.35. The van der Waals surface area contributed by atoms with E-state index in [0.717, 1.165) is 17.3 Å². The molecule has 168 valence electrons. The lowest BCUT2D eigenvalue weighted by atomic mass is 9.87. The van der Waals surface area contributed by atoms with E-state index < -0.39 is 12.1 Å². The van der Waals surface area contributed by atoms with Crippen molar-refractivity contribution in [2.24, 2.45) is 5.92 Å². The van der Waals surface area contributed by atoms with Gasteiger partial charge in [0.2, 0.25) is 0 Å². The third-order valence-electron chi connectivity index (χ3n) is 7.63. The summed E-state index contributed by atoms with van der Waals surface area (Å²) in [7, 11) is 0. The van der Waals surface area contributed by atoms with Gasteiger partial charge in [-0.1, -0.05) is 36.2 Å². The zero-order chi connectivity index (χ0) is 21.6. The molecule has 0 spiro atoms. The number of rotatable bonds is 4. The molecule has 3 fully saturated rings. The van der Waals surface area contributed by atoms with Crippen LogP contribution in [0.2, 0.25) is 5.02 Å². The second-order valence-corrected chi connectivity index (χ2v) is 9.93. The van der Waals surface area contributed by atoms with Gasteiger partial charge in [-0.2, -0.15) is 13.2 Å². The number of benzene rings is 2. The number of ether oxygens (including phenoxy) is 1. The summed E-state index contributed by atoms with van der Waals surface area (Å²) in [4.78, 5) is 2.66. The van der Waals surface area contributed by atoms with Gasteiger partial charge in [0.15, 0.2) is 0 Å². The Balaban J connectivity index is 1.31. The van der Waals surface area contributed by atoms with E-state index in [4.69, 9.17) is 16.3 Å². The Kier molecular flexibility index (Phi) is 5.85. The highest BCUT2D eigenvalue weighted by Crippen LogP contribution is 2.41. The molecule has 2 aliphatic heterocycles. The van der Waals surface area contributed by atoms with Crippen LogP contribution in [0.25, 0.3) is 10.8 Å². The van der Waals surface area contributed by atoms with Crippen molar-refractivity contribution in [3.05, 3.63) is 40.9 Å². The Morgan fingerprint density at radius 3 is 2.26 bits per heavy atom. The van der Waals surface area contributed by atoms with E-state index in [1.165, 1.54) is 37.7 Å². The maximum absolute atomic E-state index is 12.9. The molecule has 2 heterocycles. The minimum atomic E-state index is -4.10. The fraction of sp³-hybridized carbons (Fsp3) is 0.600. The average molecular weight is 452 g/mol. The zero-order valence-corrected chi connectivity index (χ0v) is 18.4. The monoisotopic (exact) mass is 451 g/mol. The van der Waals surface area contributed by atoms with Crippen LogP contribution in [0.5, 0.6) is 5.75 Å². The van der Waals surface area contributed by atoms with Gasteiger partial charge in [-0.25, -0.2) is 0 Å². The van der Waals surface area contributed by atoms with Crippen molar-refractivity contribution < 1.29 is 17.9 Å². The molecule has 0 aromatic heterocycles. The number of alkyl halides is 3. The molecule has 2 unspecified atom stereocenters. The predicted molar refractivity (Wildman–Crippen MR) is 118 cm³/mol. The number of halogens is 4. The first-order valence-electron chi connectivity index (χ1n) is 11.6. The van der Waals surface area contributed by atoms with Crippen molar-refractivity contribution in [2.75, 3.05) is 0 Å². The maximum atomic E-state index is 12.9. The SMILES string of the molecule is FC(F)(F)C1CCC(Oc2ccc3ccc(CN4C5CCCC4CC5)cc3c2Cl)CC1. The third kappa shape index (κ3) is 4.41. The van der Waals surface area contributed by atoms with E-state index in [9.17, 15) is 13.2 Å². The quantitative estimate of drug-likeness (QED) is 0.476. The Labute approximate surface area is 186 Å². The molecule has 1 saturated carbocycles. The van der Waals surface area contributed by atoms with Crippen molar-refractivity contribution in [3.63, 3.8) is 0 Å². The van der Waals surface area contributed by atoms with Gasteiger partial charge in [0.05, 0.1) is 17.0 Å². The number of piperidine rings is 1. The first-order valence-corrected chi connectivity index (χ1v) is 12.0. The Hall–Kier alpha value is -1.46. The minimum Gasteiger partial charge on any atom is -0.489 e. The Morgan fingerprint density at radius 2 is 1.58 bits per heavy atom. The molecule has 2 aromatic rings. The lowest BCUT2D eigenvalue weighted by molar-refractivity contribution is -0.185. The summed E-state index contributed by atoms with van der Waals surface area (Å²) in [6.45, 7) is 0.953. The van der Waals surface area contributed by atoms with Gasteiger partial charge < -0.3 is 4.74 Å². The van der Waals surface area contributed by atoms with Crippen LogP contribution in [-0.2, 0) is 6.54 Å². The molecule has 3 aliphatic rings. The van der Waals surface area contributed by atoms with Crippen LogP contribution < -0.4 is 4.74 Å². The molecule has 2 atom stereocenters. The minimum absolute atomic E-state index is 0.127. The van der Waals surface area contributed by atoms with Crippen LogP contribution in [0.4, 0.5) is 13.2 Å². The van der Waals surface area contributed by atoms with E-state index in [1.54, 1.807) is 0 Å². The summed E-state index contributed by atoms with van der Waals surface area (Å²) >= 11 is 6.73. The van der Waals surface area contributed by atoms with Gasteiger partial charge in [-0.15, -0.1) is 0 Å². The number of nitrogens with zero attached hydrogens (tertiary/aromatic N) is 1. The van der Waals surface area contributed by atoms with Crippen LogP contribution in [0.3, 0.4) is 0 Å². The highest BCUT2D eigenvalue weighted by atomic mass is 35.5. The molecule has 1 aliphatic carbocycles. The summed E-state index contributed by atoms with van der Waals surface area (Å²) < 4.78 is 44.9. The number of hydrogen-bond acceptors (Lipinski definition) is 2. The van der Waals surface area contributed by atoms with E-state index in [-0.39, 0.29) is 18.9 Å². The van der Waals surface area contributed by atoms with E-state index in [0.29, 0.717) is 35.7 Å². The smallest absolute Gasteiger partial charge is 0.391 e. The van der Waals surface area contributed by atoms with Crippen molar-refractivity contribution >= 4 is 22.4 Å². The molecule has 2 saturated heterocycles. The summed E-state index contributed by atoms with van der Waals surface area (Å²) in [5, 5.41) is 2.59. The average Bonchev–Trinajstić information content (AvgIpc) is 2.96. The standard InChI is InChI=1S/C25H29ClF3NO/c26-24-22-14-16(15-30-19-2-1-3-20(30)10-9-19)4-5-17(22)6-13-23(24)31-21-11-7-18(8-12-21)25(27,28)29/h4-6,13-14,18-21H,1-3,7-12,15H2. The fourth-order valence-electron chi connectivity index (χ4n) is 5.88. The molecule has 0 N–H and O–H groups in total. The molecule has 2 aromatic carbocycles. The molecule has 31 heavy (non-hydrogen) atoms. The van der Waals surface area contributed by atoms with Gasteiger partial charge in [-0.3, -0.25) is 4.90 Å². The molecule has 2 bridgehead atoms. The third-order valence-corrected chi connectivity index (χ3v) is 8.02. The largest absolute Gasteiger partial charge is 0.489 e. The van der Waals surface area contributed by atoms with Crippen molar-refractivity contribution in [3.8, 4) is 5.75 Å². The van der Waals surface area contributed by atoms with Crippen molar-refractivity contribution in [1.29, 1.82) is 0 Å². The maximum Gasteiger partial charge on any atom is 0.391 e. The predicted octanol–water partition coefficient (Wildman–Crippen LogP) is 7.51. The van der Waals surface area contributed by atoms with E-state index in [1.807, 2.05) is 12.1 Å². The second kappa shape index (κ2) is 8.47. The number of fused-ring (bicyclic) bond motifs is 3. The van der Waals surface area contributed by atoms with E-state index >= 15 is 0 Å². The second-order valence-electron chi connectivity index (χ2n) is 9.55. The van der Waals surface area contributed by atoms with Crippen LogP contribution in [0.1, 0.15) is 63.4 Å². The first kappa shape index (κ1) is 21.4. The van der Waals surface area contributed by atoms with Crippen LogP contribution >= 0.6 is 11.6 Å². The fourth-order valence-corrected chi connectivity index (χ4v) is 6.15. The first-order chi connectivity index (χ1) is 14.9. The summed E-state index contributed by atoms with van der Waals surface area (Å²) in [5.41, 5.74) is 1.26. The molecular weight excluding hydrogens is 423 g/mol. The molecule has 0 amide bonds. The van der Waals surface area contributed by atoms with Crippen molar-refractivity contribution in [2.45, 2.75) is 88.7 Å². The lowest BCUT2D eigenvalue weighted by Gasteiger charge is -2.34. The highest BCUT2D eigenvalue weighted by Gasteiger charge is 2.42. The molecule has 2 nitrogen and oxygen atoms in total.